The largest absolute Gasteiger partial charge is 0.506 e. The number of aliphatic hydroxyl groups excluding tert-OH is 1. The van der Waals surface area contributed by atoms with Gasteiger partial charge in [0, 0.05) is 18.8 Å². The fourth-order valence-corrected chi connectivity index (χ4v) is 3.02. The van der Waals surface area contributed by atoms with Gasteiger partial charge in [-0.3, -0.25) is 25.0 Å². The van der Waals surface area contributed by atoms with Gasteiger partial charge in [0.25, 0.3) is 11.8 Å². The third-order valence-electron chi connectivity index (χ3n) is 4.37. The third-order valence-corrected chi connectivity index (χ3v) is 4.37. The molecule has 1 saturated heterocycles. The number of nitrogens with one attached hydrogen (secondary N) is 2. The monoisotopic (exact) mass is 355 g/mol. The van der Waals surface area contributed by atoms with E-state index in [-0.39, 0.29) is 11.1 Å². The predicted molar refractivity (Wildman–Crippen MR) is 93.3 cm³/mol. The molecule has 1 fully saturated rings. The van der Waals surface area contributed by atoms with E-state index < -0.39 is 35.0 Å². The molecular weight excluding hydrogens is 338 g/mol. The number of hydrogen-bond acceptors (Lipinski definition) is 6. The Hall–Kier alpha value is -3.42. The number of nitrogens with zero attached hydrogens (tertiary/aromatic N) is 1. The molecule has 1 aromatic carbocycles. The van der Waals surface area contributed by atoms with Crippen LogP contribution in [0, 0.1) is 0 Å². The van der Waals surface area contributed by atoms with Crippen LogP contribution in [0.4, 0.5) is 10.5 Å². The second-order valence-corrected chi connectivity index (χ2v) is 5.76. The lowest BCUT2D eigenvalue weighted by molar-refractivity contribution is -0.125. The molecule has 134 valence electrons. The lowest BCUT2D eigenvalue weighted by Crippen LogP contribution is -2.52. The summed E-state index contributed by atoms with van der Waals surface area (Å²) < 4.78 is 0. The topological polar surface area (TPSA) is 116 Å². The number of imide groups is 2. The third kappa shape index (κ3) is 2.65. The SMILES string of the molecule is CCN(CC)c1ccc(C2=C(O)C(=C3C(=O)NC(=O)NC3=O)C2=O)cc1. The highest BCUT2D eigenvalue weighted by Gasteiger charge is 2.43. The minimum absolute atomic E-state index is 0.0381. The molecule has 26 heavy (non-hydrogen) atoms. The molecule has 3 rings (SSSR count). The van der Waals surface area contributed by atoms with Gasteiger partial charge in [0.15, 0.2) is 0 Å². The van der Waals surface area contributed by atoms with E-state index in [0.717, 1.165) is 18.8 Å². The number of urea groups is 1. The van der Waals surface area contributed by atoms with Crippen LogP contribution in [0.15, 0.2) is 41.2 Å². The molecule has 1 aromatic rings. The first-order chi connectivity index (χ1) is 12.4. The summed E-state index contributed by atoms with van der Waals surface area (Å²) in [6, 6.07) is 6.10. The predicted octanol–water partition coefficient (Wildman–Crippen LogP) is 1.05. The van der Waals surface area contributed by atoms with E-state index in [1.54, 1.807) is 12.1 Å². The molecule has 1 aliphatic heterocycles. The number of carbonyl (C=O) groups excluding carboxylic acids is 4. The minimum atomic E-state index is -1.01. The fourth-order valence-electron chi connectivity index (χ4n) is 3.02. The van der Waals surface area contributed by atoms with Gasteiger partial charge < -0.3 is 10.0 Å². The molecule has 1 heterocycles. The second-order valence-electron chi connectivity index (χ2n) is 5.76. The van der Waals surface area contributed by atoms with Crippen LogP contribution in [0.3, 0.4) is 0 Å². The Morgan fingerprint density at radius 1 is 0.846 bits per heavy atom. The molecule has 0 unspecified atom stereocenters. The first-order valence-corrected chi connectivity index (χ1v) is 8.13. The number of anilines is 1. The maximum Gasteiger partial charge on any atom is 0.328 e. The van der Waals surface area contributed by atoms with Crippen LogP contribution in [0.5, 0.6) is 0 Å². The van der Waals surface area contributed by atoms with Crippen molar-refractivity contribution in [2.75, 3.05) is 18.0 Å². The number of carbonyl (C=O) groups is 4. The molecule has 2 aliphatic rings. The van der Waals surface area contributed by atoms with Crippen molar-refractivity contribution in [2.24, 2.45) is 0 Å². The van der Waals surface area contributed by atoms with Crippen LogP contribution in [-0.4, -0.2) is 41.8 Å². The van der Waals surface area contributed by atoms with Crippen molar-refractivity contribution in [3.63, 3.8) is 0 Å². The van der Waals surface area contributed by atoms with Gasteiger partial charge in [0.05, 0.1) is 11.1 Å². The van der Waals surface area contributed by atoms with Crippen molar-refractivity contribution in [2.45, 2.75) is 13.8 Å². The second kappa shape index (κ2) is 6.47. The molecule has 0 atom stereocenters. The normalized spacial score (nSPS) is 17.2. The Balaban J connectivity index is 1.97. The van der Waals surface area contributed by atoms with E-state index in [1.165, 1.54) is 0 Å². The van der Waals surface area contributed by atoms with Gasteiger partial charge in [0.2, 0.25) is 5.78 Å². The Kier molecular flexibility index (Phi) is 4.33. The van der Waals surface area contributed by atoms with Gasteiger partial charge in [-0.15, -0.1) is 0 Å². The maximum atomic E-state index is 12.4. The highest BCUT2D eigenvalue weighted by Crippen LogP contribution is 2.38. The summed E-state index contributed by atoms with van der Waals surface area (Å²) in [5.74, 6) is -3.07. The summed E-state index contributed by atoms with van der Waals surface area (Å²) in [6.45, 7) is 5.74. The molecule has 0 aromatic heterocycles. The number of aliphatic hydroxyl groups is 1. The summed E-state index contributed by atoms with van der Waals surface area (Å²) >= 11 is 0. The summed E-state index contributed by atoms with van der Waals surface area (Å²) in [7, 11) is 0. The summed E-state index contributed by atoms with van der Waals surface area (Å²) in [5.41, 5.74) is 0.566. The van der Waals surface area contributed by atoms with E-state index in [2.05, 4.69) is 4.90 Å². The minimum Gasteiger partial charge on any atom is -0.506 e. The first-order valence-electron chi connectivity index (χ1n) is 8.13. The van der Waals surface area contributed by atoms with E-state index in [9.17, 15) is 24.3 Å². The van der Waals surface area contributed by atoms with Crippen LogP contribution < -0.4 is 15.5 Å². The van der Waals surface area contributed by atoms with Crippen molar-refractivity contribution < 1.29 is 24.3 Å². The Labute approximate surface area is 149 Å². The van der Waals surface area contributed by atoms with Gasteiger partial charge in [-0.05, 0) is 31.5 Å². The highest BCUT2D eigenvalue weighted by atomic mass is 16.3. The maximum absolute atomic E-state index is 12.4. The zero-order valence-electron chi connectivity index (χ0n) is 14.3. The average Bonchev–Trinajstić information content (AvgIpc) is 2.60. The van der Waals surface area contributed by atoms with Crippen LogP contribution in [0.25, 0.3) is 5.57 Å². The molecule has 4 amide bonds. The molecular formula is C18H17N3O5. The van der Waals surface area contributed by atoms with Gasteiger partial charge in [-0.2, -0.15) is 0 Å². The number of benzene rings is 1. The number of rotatable bonds is 4. The number of barbiturate groups is 1. The quantitative estimate of drug-likeness (QED) is 0.549. The molecule has 0 radical (unpaired) electrons. The number of amides is 4. The Morgan fingerprint density at radius 3 is 1.85 bits per heavy atom. The van der Waals surface area contributed by atoms with Crippen molar-refractivity contribution >= 4 is 34.9 Å². The van der Waals surface area contributed by atoms with Gasteiger partial charge in [-0.1, -0.05) is 12.1 Å². The average molecular weight is 355 g/mol. The summed E-state index contributed by atoms with van der Waals surface area (Å²) in [6.07, 6.45) is 0. The van der Waals surface area contributed by atoms with Crippen LogP contribution >= 0.6 is 0 Å². The summed E-state index contributed by atoms with van der Waals surface area (Å²) in [5, 5.41) is 14.0. The Bertz CT molecular complexity index is 870. The lowest BCUT2D eigenvalue weighted by atomic mass is 9.80. The number of ketones is 1. The van der Waals surface area contributed by atoms with Crippen LogP contribution in [0.2, 0.25) is 0 Å². The van der Waals surface area contributed by atoms with Gasteiger partial charge in [-0.25, -0.2) is 4.79 Å². The number of allylic oxidation sites excluding steroid dienone is 2. The Morgan fingerprint density at radius 2 is 1.38 bits per heavy atom. The molecule has 3 N–H and O–H groups in total. The van der Waals surface area contributed by atoms with E-state index >= 15 is 0 Å². The zero-order chi connectivity index (χ0) is 19.0. The van der Waals surface area contributed by atoms with Crippen molar-refractivity contribution in [1.82, 2.24) is 10.6 Å². The van der Waals surface area contributed by atoms with Crippen molar-refractivity contribution in [1.29, 1.82) is 0 Å². The molecule has 0 saturated carbocycles. The van der Waals surface area contributed by atoms with Crippen molar-refractivity contribution in [3.8, 4) is 0 Å². The van der Waals surface area contributed by atoms with E-state index in [4.69, 9.17) is 0 Å². The van der Waals surface area contributed by atoms with Crippen LogP contribution in [0.1, 0.15) is 19.4 Å². The highest BCUT2D eigenvalue weighted by molar-refractivity contribution is 6.44. The number of Topliss-reactive ketones (excluding diaryl/α,β-unsaturated/α-hetero) is 1. The smallest absolute Gasteiger partial charge is 0.328 e. The molecule has 0 bridgehead atoms. The van der Waals surface area contributed by atoms with Crippen molar-refractivity contribution in [3.05, 3.63) is 46.7 Å². The lowest BCUT2D eigenvalue weighted by Gasteiger charge is -2.26. The molecule has 8 heteroatoms. The fraction of sp³-hybridized carbons (Fsp3) is 0.222. The molecule has 8 nitrogen and oxygen atoms in total. The van der Waals surface area contributed by atoms with E-state index in [1.807, 2.05) is 36.6 Å². The van der Waals surface area contributed by atoms with Crippen LogP contribution in [-0.2, 0) is 14.4 Å². The van der Waals surface area contributed by atoms with Gasteiger partial charge >= 0.3 is 6.03 Å². The zero-order valence-corrected chi connectivity index (χ0v) is 14.3. The standard InChI is InChI=1S/C18H17N3O5/c1-3-21(4-2)10-7-5-9(6-8-10)11-14(22)12(15(11)23)13-16(24)19-18(26)20-17(13)25/h5-8,22H,3-4H2,1-2H3,(H2,19,20,24,25,26). The summed E-state index contributed by atoms with van der Waals surface area (Å²) in [4.78, 5) is 49.3. The number of hydrogen-bond donors (Lipinski definition) is 3. The van der Waals surface area contributed by atoms with E-state index in [0.29, 0.717) is 5.56 Å². The molecule has 1 aliphatic carbocycles. The molecule has 0 spiro atoms. The first kappa shape index (κ1) is 17.4. The van der Waals surface area contributed by atoms with Gasteiger partial charge in [0.1, 0.15) is 11.3 Å².